The minimum atomic E-state index is -0.732. The summed E-state index contributed by atoms with van der Waals surface area (Å²) in [6.07, 6.45) is 3.06. The fourth-order valence-electron chi connectivity index (χ4n) is 3.63. The number of pyridine rings is 1. The number of rotatable bonds is 4. The van der Waals surface area contributed by atoms with Crippen molar-refractivity contribution in [3.8, 4) is 0 Å². The zero-order valence-corrected chi connectivity index (χ0v) is 16.7. The molecule has 1 atom stereocenters. The molecule has 0 aliphatic carbocycles. The van der Waals surface area contributed by atoms with Gasteiger partial charge in [0.25, 0.3) is 11.7 Å². The van der Waals surface area contributed by atoms with Gasteiger partial charge in [-0.25, -0.2) is 0 Å². The Morgan fingerprint density at radius 3 is 2.17 bits per heavy atom. The van der Waals surface area contributed by atoms with Crippen LogP contribution < -0.4 is 9.80 Å². The third-order valence-corrected chi connectivity index (χ3v) is 5.16. The van der Waals surface area contributed by atoms with E-state index in [1.54, 1.807) is 12.1 Å². The average Bonchev–Trinajstić information content (AvgIpc) is 3.05. The van der Waals surface area contributed by atoms with Crippen molar-refractivity contribution in [1.82, 2.24) is 4.98 Å². The van der Waals surface area contributed by atoms with Gasteiger partial charge in [0.1, 0.15) is 5.76 Å². The lowest BCUT2D eigenvalue weighted by Gasteiger charge is -2.26. The molecule has 1 fully saturated rings. The molecular weight excluding hydrogens is 378 g/mol. The molecule has 30 heavy (non-hydrogen) atoms. The van der Waals surface area contributed by atoms with E-state index in [1.807, 2.05) is 73.6 Å². The maximum Gasteiger partial charge on any atom is 0.300 e. The molecule has 150 valence electrons. The minimum absolute atomic E-state index is 0.0640. The van der Waals surface area contributed by atoms with Crippen LogP contribution in [0.3, 0.4) is 0 Å². The Hall–Kier alpha value is -3.93. The van der Waals surface area contributed by atoms with E-state index in [1.165, 1.54) is 17.3 Å². The van der Waals surface area contributed by atoms with Crippen LogP contribution in [0.1, 0.15) is 17.2 Å². The number of ketones is 1. The van der Waals surface area contributed by atoms with E-state index in [4.69, 9.17) is 0 Å². The number of benzene rings is 2. The first kappa shape index (κ1) is 19.4. The van der Waals surface area contributed by atoms with Crippen molar-refractivity contribution in [3.05, 3.63) is 95.8 Å². The first-order valence-electron chi connectivity index (χ1n) is 9.53. The maximum absolute atomic E-state index is 13.1. The predicted molar refractivity (Wildman–Crippen MR) is 116 cm³/mol. The van der Waals surface area contributed by atoms with E-state index in [9.17, 15) is 14.7 Å². The highest BCUT2D eigenvalue weighted by Gasteiger charge is 2.46. The molecule has 2 heterocycles. The van der Waals surface area contributed by atoms with Crippen molar-refractivity contribution >= 4 is 28.8 Å². The van der Waals surface area contributed by atoms with Gasteiger partial charge in [0.2, 0.25) is 0 Å². The number of amides is 1. The van der Waals surface area contributed by atoms with E-state index in [2.05, 4.69) is 4.98 Å². The van der Waals surface area contributed by atoms with Crippen LogP contribution in [-0.2, 0) is 9.59 Å². The molecule has 0 spiro atoms. The fourth-order valence-corrected chi connectivity index (χ4v) is 3.63. The molecule has 2 aromatic carbocycles. The highest BCUT2D eigenvalue weighted by atomic mass is 16.3. The van der Waals surface area contributed by atoms with Crippen LogP contribution in [-0.4, -0.2) is 35.9 Å². The van der Waals surface area contributed by atoms with Crippen molar-refractivity contribution in [2.45, 2.75) is 6.04 Å². The Labute approximate surface area is 174 Å². The van der Waals surface area contributed by atoms with Crippen molar-refractivity contribution in [1.29, 1.82) is 0 Å². The molecule has 0 bridgehead atoms. The Morgan fingerprint density at radius 1 is 0.933 bits per heavy atom. The quantitative estimate of drug-likeness (QED) is 0.411. The Bertz CT molecular complexity index is 1110. The summed E-state index contributed by atoms with van der Waals surface area (Å²) in [7, 11) is 3.86. The molecule has 1 unspecified atom stereocenters. The Balaban J connectivity index is 1.90. The fraction of sp³-hybridized carbons (Fsp3) is 0.125. The lowest BCUT2D eigenvalue weighted by molar-refractivity contribution is -0.132. The van der Waals surface area contributed by atoms with Crippen LogP contribution in [0.15, 0.2) is 84.7 Å². The second-order valence-electron chi connectivity index (χ2n) is 7.23. The predicted octanol–water partition coefficient (Wildman–Crippen LogP) is 3.77. The molecule has 1 N–H and O–H groups in total. The number of anilines is 2. The molecule has 3 aromatic rings. The molecular formula is C24H21N3O3. The van der Waals surface area contributed by atoms with E-state index in [0.717, 1.165) is 11.3 Å². The number of nitrogens with zero attached hydrogens (tertiary/aromatic N) is 3. The second kappa shape index (κ2) is 7.83. The van der Waals surface area contributed by atoms with Crippen LogP contribution in [0.5, 0.6) is 0 Å². The number of carbonyl (C=O) groups excluding carboxylic acids is 2. The van der Waals surface area contributed by atoms with Gasteiger partial charge in [0, 0.05) is 43.4 Å². The molecule has 1 saturated heterocycles. The van der Waals surface area contributed by atoms with Gasteiger partial charge < -0.3 is 10.0 Å². The first-order chi connectivity index (χ1) is 14.5. The van der Waals surface area contributed by atoms with Crippen molar-refractivity contribution in [2.24, 2.45) is 0 Å². The number of aliphatic hydroxyl groups excluding tert-OH is 1. The molecule has 6 heteroatoms. The topological polar surface area (TPSA) is 73.7 Å². The summed E-state index contributed by atoms with van der Waals surface area (Å²) in [6, 6.07) is 19.1. The van der Waals surface area contributed by atoms with Gasteiger partial charge in [-0.1, -0.05) is 30.3 Å². The van der Waals surface area contributed by atoms with Gasteiger partial charge in [-0.2, -0.15) is 0 Å². The monoisotopic (exact) mass is 399 g/mol. The van der Waals surface area contributed by atoms with Gasteiger partial charge in [-0.3, -0.25) is 19.5 Å². The van der Waals surface area contributed by atoms with Crippen LogP contribution >= 0.6 is 0 Å². The summed E-state index contributed by atoms with van der Waals surface area (Å²) in [5, 5.41) is 11.0. The smallest absolute Gasteiger partial charge is 0.300 e. The molecule has 1 aromatic heterocycles. The standard InChI is InChI=1S/C24H21N3O3/c1-26(2)18-8-10-19(11-9-18)27-21(16-6-4-3-5-7-16)20(23(29)24(27)30)22(28)17-12-14-25-15-13-17/h3-15,21,28H,1-2H3/b22-20+. The number of Topliss-reactive ketones (excluding diaryl/α,β-unsaturated/α-hetero) is 1. The largest absolute Gasteiger partial charge is 0.507 e. The van der Waals surface area contributed by atoms with E-state index >= 15 is 0 Å². The minimum Gasteiger partial charge on any atom is -0.507 e. The SMILES string of the molecule is CN(C)c1ccc(N2C(=O)C(=O)/C(=C(/O)c3ccncc3)C2c2ccccc2)cc1. The van der Waals surface area contributed by atoms with Crippen LogP contribution in [0.25, 0.3) is 5.76 Å². The van der Waals surface area contributed by atoms with Crippen molar-refractivity contribution in [3.63, 3.8) is 0 Å². The number of aliphatic hydroxyl groups is 1. The highest BCUT2D eigenvalue weighted by Crippen LogP contribution is 2.42. The normalized spacial score (nSPS) is 17.9. The summed E-state index contributed by atoms with van der Waals surface area (Å²) in [5.74, 6) is -1.59. The Kier molecular flexibility index (Phi) is 5.06. The molecule has 4 rings (SSSR count). The summed E-state index contributed by atoms with van der Waals surface area (Å²) in [6.45, 7) is 0. The molecule has 1 aliphatic heterocycles. The van der Waals surface area contributed by atoms with Gasteiger partial charge in [0.05, 0.1) is 11.6 Å². The second-order valence-corrected chi connectivity index (χ2v) is 7.23. The van der Waals surface area contributed by atoms with Crippen LogP contribution in [0.4, 0.5) is 11.4 Å². The summed E-state index contributed by atoms with van der Waals surface area (Å²) < 4.78 is 0. The van der Waals surface area contributed by atoms with Crippen LogP contribution in [0.2, 0.25) is 0 Å². The van der Waals surface area contributed by atoms with Gasteiger partial charge in [-0.15, -0.1) is 0 Å². The molecule has 6 nitrogen and oxygen atoms in total. The van der Waals surface area contributed by atoms with E-state index in [0.29, 0.717) is 11.3 Å². The highest BCUT2D eigenvalue weighted by molar-refractivity contribution is 6.51. The number of hydrogen-bond acceptors (Lipinski definition) is 5. The van der Waals surface area contributed by atoms with Gasteiger partial charge in [-0.05, 0) is 42.0 Å². The third-order valence-electron chi connectivity index (χ3n) is 5.16. The average molecular weight is 399 g/mol. The first-order valence-corrected chi connectivity index (χ1v) is 9.53. The molecule has 1 amide bonds. The van der Waals surface area contributed by atoms with Crippen molar-refractivity contribution in [2.75, 3.05) is 23.9 Å². The Morgan fingerprint density at radius 2 is 1.57 bits per heavy atom. The van der Waals surface area contributed by atoms with E-state index in [-0.39, 0.29) is 11.3 Å². The molecule has 1 aliphatic rings. The molecule has 0 radical (unpaired) electrons. The lowest BCUT2D eigenvalue weighted by Crippen LogP contribution is -2.29. The maximum atomic E-state index is 13.1. The van der Waals surface area contributed by atoms with Gasteiger partial charge >= 0.3 is 0 Å². The zero-order valence-electron chi connectivity index (χ0n) is 16.7. The lowest BCUT2D eigenvalue weighted by atomic mass is 9.95. The van der Waals surface area contributed by atoms with Crippen molar-refractivity contribution < 1.29 is 14.7 Å². The summed E-state index contributed by atoms with van der Waals surface area (Å²) in [5.41, 5.74) is 2.80. The number of carbonyl (C=O) groups is 2. The zero-order chi connectivity index (χ0) is 21.3. The summed E-state index contributed by atoms with van der Waals surface area (Å²) in [4.78, 5) is 33.4. The summed E-state index contributed by atoms with van der Waals surface area (Å²) >= 11 is 0. The van der Waals surface area contributed by atoms with E-state index < -0.39 is 17.7 Å². The van der Waals surface area contributed by atoms with Crippen LogP contribution in [0, 0.1) is 0 Å². The third kappa shape index (κ3) is 3.33. The number of aromatic nitrogens is 1. The van der Waals surface area contributed by atoms with Gasteiger partial charge in [0.15, 0.2) is 0 Å². The molecule has 0 saturated carbocycles. The number of hydrogen-bond donors (Lipinski definition) is 1.